The van der Waals surface area contributed by atoms with Gasteiger partial charge in [-0.3, -0.25) is 0 Å². The first-order valence-corrected chi connectivity index (χ1v) is 7.38. The first-order chi connectivity index (χ1) is 10.1. The molecule has 0 aliphatic heterocycles. The fourth-order valence-corrected chi connectivity index (χ4v) is 3.22. The van der Waals surface area contributed by atoms with E-state index in [1.54, 1.807) is 18.4 Å². The van der Waals surface area contributed by atoms with Crippen molar-refractivity contribution < 1.29 is 9.26 Å². The van der Waals surface area contributed by atoms with Gasteiger partial charge in [-0.05, 0) is 43.2 Å². The average molecular weight is 300 g/mol. The third-order valence-electron chi connectivity index (χ3n) is 3.50. The molecule has 0 radical (unpaired) electrons. The van der Waals surface area contributed by atoms with Gasteiger partial charge < -0.3 is 15.0 Å². The van der Waals surface area contributed by atoms with Gasteiger partial charge in [0.2, 0.25) is 5.88 Å². The van der Waals surface area contributed by atoms with Crippen LogP contribution in [0.2, 0.25) is 0 Å². The molecule has 0 aliphatic carbocycles. The number of hydrogen-bond donors (Lipinski definition) is 1. The van der Waals surface area contributed by atoms with Gasteiger partial charge in [-0.15, -0.1) is 11.3 Å². The standard InChI is InChI=1S/C16H16N2O2S/c1-9-8-13(21-10(9)2)15-14(16(17)20-18-15)11-4-6-12(19-3)7-5-11/h4-8H,17H2,1-3H3. The number of thiophene rings is 1. The Kier molecular flexibility index (Phi) is 3.43. The second-order valence-electron chi connectivity index (χ2n) is 4.85. The second kappa shape index (κ2) is 5.26. The summed E-state index contributed by atoms with van der Waals surface area (Å²) in [4.78, 5) is 2.34. The third-order valence-corrected chi connectivity index (χ3v) is 4.66. The highest BCUT2D eigenvalue weighted by Crippen LogP contribution is 2.40. The van der Waals surface area contributed by atoms with Crippen LogP contribution in [-0.2, 0) is 0 Å². The molecule has 0 saturated heterocycles. The summed E-state index contributed by atoms with van der Waals surface area (Å²) in [5.74, 6) is 1.14. The summed E-state index contributed by atoms with van der Waals surface area (Å²) in [6, 6.07) is 9.83. The molecule has 0 saturated carbocycles. The molecule has 0 fully saturated rings. The molecule has 2 N–H and O–H groups in total. The minimum atomic E-state index is 0.332. The zero-order valence-corrected chi connectivity index (χ0v) is 13.0. The van der Waals surface area contributed by atoms with Crippen LogP contribution in [0.25, 0.3) is 21.7 Å². The van der Waals surface area contributed by atoms with Crippen LogP contribution in [0.3, 0.4) is 0 Å². The van der Waals surface area contributed by atoms with E-state index in [0.717, 1.165) is 27.4 Å². The number of nitrogen functional groups attached to an aromatic ring is 1. The normalized spacial score (nSPS) is 10.8. The first kappa shape index (κ1) is 13.7. The Morgan fingerprint density at radius 3 is 2.48 bits per heavy atom. The van der Waals surface area contributed by atoms with Crippen LogP contribution in [0.1, 0.15) is 10.4 Å². The summed E-state index contributed by atoms with van der Waals surface area (Å²) >= 11 is 1.69. The van der Waals surface area contributed by atoms with Gasteiger partial charge in [-0.1, -0.05) is 17.3 Å². The van der Waals surface area contributed by atoms with E-state index in [2.05, 4.69) is 25.1 Å². The molecule has 0 unspecified atom stereocenters. The molecule has 108 valence electrons. The third kappa shape index (κ3) is 2.40. The summed E-state index contributed by atoms with van der Waals surface area (Å²) in [5, 5.41) is 4.14. The Hall–Kier alpha value is -2.27. The van der Waals surface area contributed by atoms with Gasteiger partial charge in [0.05, 0.1) is 17.6 Å². The lowest BCUT2D eigenvalue weighted by molar-refractivity contribution is 0.415. The number of rotatable bonds is 3. The van der Waals surface area contributed by atoms with Crippen LogP contribution < -0.4 is 10.5 Å². The van der Waals surface area contributed by atoms with Crippen molar-refractivity contribution >= 4 is 17.2 Å². The van der Waals surface area contributed by atoms with Crippen LogP contribution in [0.4, 0.5) is 5.88 Å². The maximum atomic E-state index is 5.97. The van der Waals surface area contributed by atoms with Crippen molar-refractivity contribution in [2.45, 2.75) is 13.8 Å². The van der Waals surface area contributed by atoms with Gasteiger partial charge in [0.1, 0.15) is 11.4 Å². The molecule has 0 aliphatic rings. The van der Waals surface area contributed by atoms with Crippen LogP contribution in [-0.4, -0.2) is 12.3 Å². The molecule has 2 heterocycles. The minimum absolute atomic E-state index is 0.332. The van der Waals surface area contributed by atoms with E-state index in [1.165, 1.54) is 10.4 Å². The van der Waals surface area contributed by atoms with Gasteiger partial charge in [-0.25, -0.2) is 0 Å². The maximum absolute atomic E-state index is 5.97. The molecule has 3 rings (SSSR count). The Morgan fingerprint density at radius 2 is 1.90 bits per heavy atom. The van der Waals surface area contributed by atoms with E-state index in [-0.39, 0.29) is 0 Å². The smallest absolute Gasteiger partial charge is 0.230 e. The quantitative estimate of drug-likeness (QED) is 0.784. The van der Waals surface area contributed by atoms with Crippen molar-refractivity contribution in [2.24, 2.45) is 0 Å². The molecule has 0 bridgehead atoms. The lowest BCUT2D eigenvalue weighted by atomic mass is 10.0. The maximum Gasteiger partial charge on any atom is 0.230 e. The monoisotopic (exact) mass is 300 g/mol. The van der Waals surface area contributed by atoms with E-state index >= 15 is 0 Å². The fraction of sp³-hybridized carbons (Fsp3) is 0.188. The van der Waals surface area contributed by atoms with Gasteiger partial charge in [0.15, 0.2) is 0 Å². The van der Waals surface area contributed by atoms with E-state index in [0.29, 0.717) is 5.88 Å². The Balaban J connectivity index is 2.11. The summed E-state index contributed by atoms with van der Waals surface area (Å²) in [6.45, 7) is 4.19. The van der Waals surface area contributed by atoms with Gasteiger partial charge in [-0.2, -0.15) is 0 Å². The number of nitrogens with two attached hydrogens (primary N) is 1. The lowest BCUT2D eigenvalue weighted by Gasteiger charge is -2.03. The SMILES string of the molecule is COc1ccc(-c2c(-c3cc(C)c(C)s3)noc2N)cc1. The number of aromatic nitrogens is 1. The molecule has 5 heteroatoms. The van der Waals surface area contributed by atoms with E-state index in [9.17, 15) is 0 Å². The van der Waals surface area contributed by atoms with Crippen LogP contribution in [0.15, 0.2) is 34.9 Å². The highest BCUT2D eigenvalue weighted by atomic mass is 32.1. The van der Waals surface area contributed by atoms with Crippen molar-refractivity contribution in [3.63, 3.8) is 0 Å². The molecule has 3 aromatic rings. The molecular formula is C16H16N2O2S. The lowest BCUT2D eigenvalue weighted by Crippen LogP contribution is -1.88. The molecule has 0 spiro atoms. The predicted octanol–water partition coefficient (Wildman–Crippen LogP) is 4.28. The second-order valence-corrected chi connectivity index (χ2v) is 6.11. The summed E-state index contributed by atoms with van der Waals surface area (Å²) < 4.78 is 10.4. The zero-order chi connectivity index (χ0) is 15.0. The van der Waals surface area contributed by atoms with Crippen molar-refractivity contribution in [1.82, 2.24) is 5.16 Å². The van der Waals surface area contributed by atoms with Crippen molar-refractivity contribution in [2.75, 3.05) is 12.8 Å². The Labute approximate surface area is 127 Å². The molecule has 0 atom stereocenters. The summed E-state index contributed by atoms with van der Waals surface area (Å²) in [5.41, 5.74) is 9.81. The predicted molar refractivity (Wildman–Crippen MR) is 85.7 cm³/mol. The molecular weight excluding hydrogens is 284 g/mol. The number of nitrogens with zero attached hydrogens (tertiary/aromatic N) is 1. The largest absolute Gasteiger partial charge is 0.497 e. The zero-order valence-electron chi connectivity index (χ0n) is 12.1. The van der Waals surface area contributed by atoms with Crippen molar-refractivity contribution in [3.05, 3.63) is 40.8 Å². The fourth-order valence-electron chi connectivity index (χ4n) is 2.20. The number of ether oxygens (including phenoxy) is 1. The number of aryl methyl sites for hydroxylation is 2. The van der Waals surface area contributed by atoms with Gasteiger partial charge in [0, 0.05) is 4.88 Å². The van der Waals surface area contributed by atoms with E-state index < -0.39 is 0 Å². The van der Waals surface area contributed by atoms with E-state index in [4.69, 9.17) is 15.0 Å². The average Bonchev–Trinajstić information content (AvgIpc) is 3.02. The van der Waals surface area contributed by atoms with Gasteiger partial charge >= 0.3 is 0 Å². The minimum Gasteiger partial charge on any atom is -0.497 e. The number of anilines is 1. The van der Waals surface area contributed by atoms with Crippen LogP contribution in [0.5, 0.6) is 5.75 Å². The van der Waals surface area contributed by atoms with Crippen LogP contribution in [0, 0.1) is 13.8 Å². The molecule has 4 nitrogen and oxygen atoms in total. The van der Waals surface area contributed by atoms with Crippen molar-refractivity contribution in [1.29, 1.82) is 0 Å². The number of benzene rings is 1. The highest BCUT2D eigenvalue weighted by Gasteiger charge is 2.19. The Morgan fingerprint density at radius 1 is 1.19 bits per heavy atom. The first-order valence-electron chi connectivity index (χ1n) is 6.57. The number of hydrogen-bond acceptors (Lipinski definition) is 5. The van der Waals surface area contributed by atoms with Gasteiger partial charge in [0.25, 0.3) is 0 Å². The van der Waals surface area contributed by atoms with Crippen molar-refractivity contribution in [3.8, 4) is 27.4 Å². The molecule has 21 heavy (non-hydrogen) atoms. The molecule has 2 aromatic heterocycles. The Bertz CT molecular complexity index is 753. The topological polar surface area (TPSA) is 61.3 Å². The highest BCUT2D eigenvalue weighted by molar-refractivity contribution is 7.15. The summed E-state index contributed by atoms with van der Waals surface area (Å²) in [6.07, 6.45) is 0. The molecule has 0 amide bonds. The summed E-state index contributed by atoms with van der Waals surface area (Å²) in [7, 11) is 1.64. The molecule has 1 aromatic carbocycles. The number of methoxy groups -OCH3 is 1. The van der Waals surface area contributed by atoms with E-state index in [1.807, 2.05) is 24.3 Å². The van der Waals surface area contributed by atoms with Crippen LogP contribution >= 0.6 is 11.3 Å².